The molecule has 0 spiro atoms. The highest BCUT2D eigenvalue weighted by Crippen LogP contribution is 2.40. The highest BCUT2D eigenvalue weighted by Gasteiger charge is 2.32. The molecule has 1 heterocycles. The van der Waals surface area contributed by atoms with E-state index in [2.05, 4.69) is 17.1 Å². The smallest absolute Gasteiger partial charge is 0.123 e. The van der Waals surface area contributed by atoms with Gasteiger partial charge in [-0.25, -0.2) is 4.39 Å². The van der Waals surface area contributed by atoms with E-state index in [4.69, 9.17) is 0 Å². The van der Waals surface area contributed by atoms with E-state index in [0.717, 1.165) is 37.7 Å². The minimum Gasteiger partial charge on any atom is -0.314 e. The predicted octanol–water partition coefficient (Wildman–Crippen LogP) is 3.69. The van der Waals surface area contributed by atoms with E-state index in [1.807, 2.05) is 6.07 Å². The highest BCUT2D eigenvalue weighted by molar-refractivity contribution is 5.85. The number of halogens is 2. The topological polar surface area (TPSA) is 15.3 Å². The molecule has 118 valence electrons. The summed E-state index contributed by atoms with van der Waals surface area (Å²) in [5.74, 6) is 0.633. The van der Waals surface area contributed by atoms with Crippen LogP contribution < -0.4 is 5.32 Å². The second kappa shape index (κ2) is 7.57. The fourth-order valence-electron chi connectivity index (χ4n) is 3.95. The van der Waals surface area contributed by atoms with Crippen molar-refractivity contribution in [3.8, 4) is 0 Å². The standard InChI is InChI=1S/C17H25FN2.ClH/c1-13-12-15(18)6-7-16(13)17(14-4-2-3-5-14)20-10-8-19-9-11-20;/h6-7,12,14,17,19H,2-5,8-11H2,1H3;1H/t17-;/m0./s1. The normalized spacial score (nSPS) is 22.0. The lowest BCUT2D eigenvalue weighted by atomic mass is 9.87. The summed E-state index contributed by atoms with van der Waals surface area (Å²) < 4.78 is 13.4. The number of hydrogen-bond donors (Lipinski definition) is 1. The Hall–Kier alpha value is -0.640. The zero-order chi connectivity index (χ0) is 13.9. The Morgan fingerprint density at radius 2 is 1.86 bits per heavy atom. The van der Waals surface area contributed by atoms with Crippen LogP contribution in [0.15, 0.2) is 18.2 Å². The van der Waals surface area contributed by atoms with Crippen LogP contribution in [0, 0.1) is 18.7 Å². The first-order valence-corrected chi connectivity index (χ1v) is 7.96. The molecule has 2 nitrogen and oxygen atoms in total. The average molecular weight is 313 g/mol. The number of hydrogen-bond acceptors (Lipinski definition) is 2. The van der Waals surface area contributed by atoms with Crippen molar-refractivity contribution in [1.82, 2.24) is 10.2 Å². The van der Waals surface area contributed by atoms with Gasteiger partial charge in [0, 0.05) is 32.2 Å². The minimum atomic E-state index is -0.114. The summed E-state index contributed by atoms with van der Waals surface area (Å²) in [6.07, 6.45) is 5.36. The zero-order valence-electron chi connectivity index (χ0n) is 12.8. The summed E-state index contributed by atoms with van der Waals surface area (Å²) in [5.41, 5.74) is 2.46. The van der Waals surface area contributed by atoms with Crippen LogP contribution in [0.4, 0.5) is 4.39 Å². The molecule has 1 saturated carbocycles. The first-order chi connectivity index (χ1) is 9.75. The van der Waals surface area contributed by atoms with Gasteiger partial charge in [0.05, 0.1) is 0 Å². The molecular formula is C17H26ClFN2. The van der Waals surface area contributed by atoms with Crippen molar-refractivity contribution >= 4 is 12.4 Å². The Morgan fingerprint density at radius 3 is 2.48 bits per heavy atom. The molecule has 3 rings (SSSR count). The Morgan fingerprint density at radius 1 is 1.19 bits per heavy atom. The van der Waals surface area contributed by atoms with Crippen LogP contribution in [0.3, 0.4) is 0 Å². The van der Waals surface area contributed by atoms with Gasteiger partial charge >= 0.3 is 0 Å². The van der Waals surface area contributed by atoms with Crippen molar-refractivity contribution in [1.29, 1.82) is 0 Å². The molecule has 0 bridgehead atoms. The Balaban J connectivity index is 0.00000161. The van der Waals surface area contributed by atoms with Crippen LogP contribution in [-0.2, 0) is 0 Å². The number of nitrogens with zero attached hydrogens (tertiary/aromatic N) is 1. The molecule has 1 N–H and O–H groups in total. The summed E-state index contributed by atoms with van der Waals surface area (Å²) in [5, 5.41) is 3.43. The Kier molecular flexibility index (Phi) is 6.03. The summed E-state index contributed by atoms with van der Waals surface area (Å²) in [6, 6.07) is 5.84. The van der Waals surface area contributed by atoms with E-state index < -0.39 is 0 Å². The van der Waals surface area contributed by atoms with Crippen molar-refractivity contribution in [3.63, 3.8) is 0 Å². The zero-order valence-corrected chi connectivity index (χ0v) is 13.6. The second-order valence-corrected chi connectivity index (χ2v) is 6.28. The third-order valence-corrected chi connectivity index (χ3v) is 4.94. The Bertz CT molecular complexity index is 454. The van der Waals surface area contributed by atoms with Gasteiger partial charge in [-0.3, -0.25) is 4.90 Å². The lowest BCUT2D eigenvalue weighted by Crippen LogP contribution is -2.46. The van der Waals surface area contributed by atoms with Gasteiger partial charge in [-0.2, -0.15) is 0 Å². The van der Waals surface area contributed by atoms with Crippen molar-refractivity contribution in [2.45, 2.75) is 38.6 Å². The van der Waals surface area contributed by atoms with E-state index in [0.29, 0.717) is 6.04 Å². The van der Waals surface area contributed by atoms with Crippen LogP contribution >= 0.6 is 12.4 Å². The Labute approximate surface area is 133 Å². The second-order valence-electron chi connectivity index (χ2n) is 6.28. The first kappa shape index (κ1) is 16.7. The molecule has 1 aromatic carbocycles. The molecule has 2 aliphatic rings. The lowest BCUT2D eigenvalue weighted by molar-refractivity contribution is 0.125. The molecule has 1 atom stereocenters. The quantitative estimate of drug-likeness (QED) is 0.915. The maximum Gasteiger partial charge on any atom is 0.123 e. The fourth-order valence-corrected chi connectivity index (χ4v) is 3.95. The van der Waals surface area contributed by atoms with Crippen molar-refractivity contribution in [2.75, 3.05) is 26.2 Å². The maximum atomic E-state index is 13.4. The molecule has 1 aliphatic carbocycles. The summed E-state index contributed by atoms with van der Waals surface area (Å²) in [6.45, 7) is 6.42. The molecule has 1 saturated heterocycles. The van der Waals surface area contributed by atoms with E-state index in [-0.39, 0.29) is 18.2 Å². The molecule has 0 unspecified atom stereocenters. The number of piperazine rings is 1. The molecule has 1 aromatic rings. The van der Waals surface area contributed by atoms with E-state index >= 15 is 0 Å². The summed E-state index contributed by atoms with van der Waals surface area (Å²) in [7, 11) is 0. The lowest BCUT2D eigenvalue weighted by Gasteiger charge is -2.39. The van der Waals surface area contributed by atoms with Gasteiger partial charge in [-0.15, -0.1) is 12.4 Å². The van der Waals surface area contributed by atoms with Crippen LogP contribution in [0.5, 0.6) is 0 Å². The van der Waals surface area contributed by atoms with Crippen molar-refractivity contribution < 1.29 is 4.39 Å². The van der Waals surface area contributed by atoms with E-state index in [9.17, 15) is 4.39 Å². The van der Waals surface area contributed by atoms with Crippen LogP contribution in [0.2, 0.25) is 0 Å². The van der Waals surface area contributed by atoms with Gasteiger partial charge in [0.25, 0.3) is 0 Å². The maximum absolute atomic E-state index is 13.4. The van der Waals surface area contributed by atoms with Gasteiger partial charge in [0.15, 0.2) is 0 Å². The van der Waals surface area contributed by atoms with Crippen LogP contribution in [0.25, 0.3) is 0 Å². The van der Waals surface area contributed by atoms with E-state index in [1.54, 1.807) is 12.1 Å². The van der Waals surface area contributed by atoms with Crippen molar-refractivity contribution in [2.24, 2.45) is 5.92 Å². The fraction of sp³-hybridized carbons (Fsp3) is 0.647. The molecule has 1 aliphatic heterocycles. The number of nitrogens with one attached hydrogen (secondary N) is 1. The third-order valence-electron chi connectivity index (χ3n) is 4.94. The van der Waals surface area contributed by atoms with Gasteiger partial charge in [-0.1, -0.05) is 18.9 Å². The minimum absolute atomic E-state index is 0. The molecule has 0 radical (unpaired) electrons. The monoisotopic (exact) mass is 312 g/mol. The predicted molar refractivity (Wildman–Crippen MR) is 87.5 cm³/mol. The summed E-state index contributed by atoms with van der Waals surface area (Å²) in [4.78, 5) is 2.62. The SMILES string of the molecule is Cc1cc(F)ccc1[C@H](C1CCCC1)N1CCNCC1.Cl. The van der Waals surface area contributed by atoms with Crippen molar-refractivity contribution in [3.05, 3.63) is 35.1 Å². The van der Waals surface area contributed by atoms with E-state index in [1.165, 1.54) is 31.2 Å². The molecule has 0 amide bonds. The van der Waals surface area contributed by atoms with Gasteiger partial charge in [-0.05, 0) is 48.9 Å². The molecule has 0 aromatic heterocycles. The number of benzene rings is 1. The molecular weight excluding hydrogens is 287 g/mol. The summed E-state index contributed by atoms with van der Waals surface area (Å²) >= 11 is 0. The first-order valence-electron chi connectivity index (χ1n) is 7.96. The van der Waals surface area contributed by atoms with Crippen LogP contribution in [0.1, 0.15) is 42.9 Å². The van der Waals surface area contributed by atoms with Gasteiger partial charge in [0.1, 0.15) is 5.82 Å². The number of aryl methyl sites for hydroxylation is 1. The average Bonchev–Trinajstić information content (AvgIpc) is 2.97. The number of rotatable bonds is 3. The third kappa shape index (κ3) is 3.77. The highest BCUT2D eigenvalue weighted by atomic mass is 35.5. The molecule has 2 fully saturated rings. The largest absolute Gasteiger partial charge is 0.314 e. The molecule has 4 heteroatoms. The van der Waals surface area contributed by atoms with Gasteiger partial charge < -0.3 is 5.32 Å². The molecule has 21 heavy (non-hydrogen) atoms. The van der Waals surface area contributed by atoms with Gasteiger partial charge in [0.2, 0.25) is 0 Å². The van der Waals surface area contributed by atoms with Crippen LogP contribution in [-0.4, -0.2) is 31.1 Å².